The molecule has 4 atom stereocenters. The SMILES string of the molecule is CC[C@@](O)(c1cccc(OC)c1)[C@@H](C)CN(C)C.Cc1ccc(OC(=O)[C@H](O)[C@@H](O)C(=O)Oc2ccc(C)cc2)cc1. The summed E-state index contributed by atoms with van der Waals surface area (Å²) in [4.78, 5) is 25.7. The zero-order valence-electron chi connectivity index (χ0n) is 25.4. The van der Waals surface area contributed by atoms with Gasteiger partial charge in [-0.1, -0.05) is 61.4 Å². The highest BCUT2D eigenvalue weighted by molar-refractivity contribution is 5.87. The Kier molecular flexibility index (Phi) is 13.1. The van der Waals surface area contributed by atoms with E-state index in [4.69, 9.17) is 14.2 Å². The molecule has 0 saturated carbocycles. The minimum absolute atomic E-state index is 0.157. The van der Waals surface area contributed by atoms with Gasteiger partial charge in [0.2, 0.25) is 0 Å². The zero-order valence-corrected chi connectivity index (χ0v) is 25.4. The van der Waals surface area contributed by atoms with Crippen molar-refractivity contribution in [3.63, 3.8) is 0 Å². The lowest BCUT2D eigenvalue weighted by molar-refractivity contribution is -0.162. The Morgan fingerprint density at radius 2 is 1.26 bits per heavy atom. The number of hydrogen-bond donors (Lipinski definition) is 3. The van der Waals surface area contributed by atoms with Crippen LogP contribution in [0.25, 0.3) is 0 Å². The molecule has 0 aliphatic heterocycles. The summed E-state index contributed by atoms with van der Waals surface area (Å²) in [5.41, 5.74) is 2.06. The van der Waals surface area contributed by atoms with Crippen molar-refractivity contribution < 1.29 is 39.1 Å². The molecule has 3 rings (SSSR count). The van der Waals surface area contributed by atoms with E-state index in [1.807, 2.05) is 59.1 Å². The Morgan fingerprint density at radius 3 is 1.64 bits per heavy atom. The van der Waals surface area contributed by atoms with Crippen LogP contribution in [0.5, 0.6) is 17.2 Å². The lowest BCUT2D eigenvalue weighted by atomic mass is 9.80. The molecule has 0 aliphatic rings. The number of aryl methyl sites for hydroxylation is 2. The molecule has 0 amide bonds. The highest BCUT2D eigenvalue weighted by Crippen LogP contribution is 2.35. The molecule has 0 spiro atoms. The molecule has 3 aromatic carbocycles. The molecule has 0 aliphatic carbocycles. The van der Waals surface area contributed by atoms with Crippen LogP contribution in [-0.4, -0.2) is 72.1 Å². The second kappa shape index (κ2) is 16.0. The highest BCUT2D eigenvalue weighted by Gasteiger charge is 2.35. The van der Waals surface area contributed by atoms with Crippen LogP contribution in [0.15, 0.2) is 72.8 Å². The number of hydrogen-bond acceptors (Lipinski definition) is 9. The van der Waals surface area contributed by atoms with Crippen molar-refractivity contribution in [2.75, 3.05) is 27.7 Å². The number of aliphatic hydroxyl groups is 3. The molecule has 42 heavy (non-hydrogen) atoms. The van der Waals surface area contributed by atoms with Crippen LogP contribution in [0.2, 0.25) is 0 Å². The van der Waals surface area contributed by atoms with Crippen molar-refractivity contribution in [2.45, 2.75) is 51.9 Å². The van der Waals surface area contributed by atoms with E-state index < -0.39 is 29.7 Å². The number of nitrogens with zero attached hydrogens (tertiary/aromatic N) is 1. The molecular formula is C33H43NO8. The molecule has 0 aromatic heterocycles. The summed E-state index contributed by atoms with van der Waals surface area (Å²) in [5.74, 6) is -0.951. The lowest BCUT2D eigenvalue weighted by Gasteiger charge is -2.35. The minimum Gasteiger partial charge on any atom is -0.497 e. The second-order valence-corrected chi connectivity index (χ2v) is 10.5. The van der Waals surface area contributed by atoms with Gasteiger partial charge >= 0.3 is 11.9 Å². The number of carbonyl (C=O) groups excluding carboxylic acids is 2. The second-order valence-electron chi connectivity index (χ2n) is 10.5. The van der Waals surface area contributed by atoms with Crippen molar-refractivity contribution in [1.82, 2.24) is 4.90 Å². The van der Waals surface area contributed by atoms with Gasteiger partial charge in [-0.15, -0.1) is 0 Å². The molecule has 0 radical (unpaired) electrons. The first-order valence-corrected chi connectivity index (χ1v) is 13.7. The summed E-state index contributed by atoms with van der Waals surface area (Å²) >= 11 is 0. The first kappa shape index (κ1) is 34.4. The summed E-state index contributed by atoms with van der Waals surface area (Å²) in [6.07, 6.45) is -3.41. The largest absolute Gasteiger partial charge is 0.497 e. The van der Waals surface area contributed by atoms with E-state index in [1.54, 1.807) is 31.4 Å². The Bertz CT molecular complexity index is 1210. The molecule has 228 valence electrons. The van der Waals surface area contributed by atoms with Gasteiger partial charge < -0.3 is 34.4 Å². The molecule has 9 nitrogen and oxygen atoms in total. The molecule has 0 unspecified atom stereocenters. The average molecular weight is 582 g/mol. The van der Waals surface area contributed by atoms with Crippen LogP contribution >= 0.6 is 0 Å². The molecule has 0 saturated heterocycles. The van der Waals surface area contributed by atoms with E-state index in [-0.39, 0.29) is 17.4 Å². The third-order valence-electron chi connectivity index (χ3n) is 6.82. The van der Waals surface area contributed by atoms with Crippen LogP contribution in [0.1, 0.15) is 37.0 Å². The topological polar surface area (TPSA) is 126 Å². The summed E-state index contributed by atoms with van der Waals surface area (Å²) in [5, 5.41) is 30.5. The number of methoxy groups -OCH3 is 1. The highest BCUT2D eigenvalue weighted by atomic mass is 16.6. The maximum absolute atomic E-state index is 11.8. The van der Waals surface area contributed by atoms with Gasteiger partial charge in [0.25, 0.3) is 0 Å². The predicted octanol–water partition coefficient (Wildman–Crippen LogP) is 4.03. The number of benzene rings is 3. The minimum atomic E-state index is -2.05. The fourth-order valence-electron chi connectivity index (χ4n) is 4.25. The fourth-order valence-corrected chi connectivity index (χ4v) is 4.25. The molecule has 3 aromatic rings. The predicted molar refractivity (Wildman–Crippen MR) is 161 cm³/mol. The Labute approximate surface area is 248 Å². The van der Waals surface area contributed by atoms with E-state index in [1.165, 1.54) is 24.3 Å². The molecule has 0 heterocycles. The van der Waals surface area contributed by atoms with Crippen LogP contribution in [0, 0.1) is 19.8 Å². The number of aliphatic hydroxyl groups excluding tert-OH is 2. The average Bonchev–Trinajstić information content (AvgIpc) is 2.98. The smallest absolute Gasteiger partial charge is 0.343 e. The molecule has 9 heteroatoms. The van der Waals surface area contributed by atoms with Crippen LogP contribution in [0.4, 0.5) is 0 Å². The quantitative estimate of drug-likeness (QED) is 0.227. The number of esters is 2. The summed E-state index contributed by atoms with van der Waals surface area (Å²) < 4.78 is 15.1. The number of rotatable bonds is 11. The van der Waals surface area contributed by atoms with Gasteiger partial charge in [-0.3, -0.25) is 0 Å². The third kappa shape index (κ3) is 9.95. The van der Waals surface area contributed by atoms with Gasteiger partial charge in [0.05, 0.1) is 12.7 Å². The van der Waals surface area contributed by atoms with Crippen LogP contribution in [-0.2, 0) is 15.2 Å². The monoisotopic (exact) mass is 581 g/mol. The van der Waals surface area contributed by atoms with Gasteiger partial charge in [-0.25, -0.2) is 9.59 Å². The standard InChI is InChI=1S/C18H18O6.C15H25NO2/c1-11-3-7-13(8-4-11)23-17(21)15(19)16(20)18(22)24-14-9-5-12(2)6-10-14;1-6-15(17,12(2)11-16(3)4)13-8-7-9-14(10-13)18-5/h3-10,15-16,19-20H,1-2H3;7-10,12,17H,6,11H2,1-5H3/t15-,16-;12-,15-/m10/s1. The van der Waals surface area contributed by atoms with Gasteiger partial charge in [0.15, 0.2) is 12.2 Å². The van der Waals surface area contributed by atoms with E-state index in [9.17, 15) is 24.9 Å². The third-order valence-corrected chi connectivity index (χ3v) is 6.82. The number of ether oxygens (including phenoxy) is 3. The lowest BCUT2D eigenvalue weighted by Crippen LogP contribution is -2.43. The van der Waals surface area contributed by atoms with Gasteiger partial charge in [-0.05, 0) is 76.3 Å². The van der Waals surface area contributed by atoms with Crippen molar-refractivity contribution in [2.24, 2.45) is 5.92 Å². The normalized spacial score (nSPS) is 14.5. The first-order chi connectivity index (χ1) is 19.8. The Morgan fingerprint density at radius 1 is 0.810 bits per heavy atom. The van der Waals surface area contributed by atoms with Gasteiger partial charge in [-0.2, -0.15) is 0 Å². The first-order valence-electron chi connectivity index (χ1n) is 13.7. The zero-order chi connectivity index (χ0) is 31.4. The van der Waals surface area contributed by atoms with Gasteiger partial charge in [0, 0.05) is 12.5 Å². The molecule has 0 bridgehead atoms. The van der Waals surface area contributed by atoms with Crippen molar-refractivity contribution in [1.29, 1.82) is 0 Å². The van der Waals surface area contributed by atoms with E-state index in [0.717, 1.165) is 29.0 Å². The van der Waals surface area contributed by atoms with Crippen LogP contribution in [0.3, 0.4) is 0 Å². The Hall–Kier alpha value is -3.76. The van der Waals surface area contributed by atoms with E-state index in [2.05, 4.69) is 11.8 Å². The summed E-state index contributed by atoms with van der Waals surface area (Å²) in [6, 6.07) is 20.8. The molecule has 0 fully saturated rings. The maximum Gasteiger partial charge on any atom is 0.343 e. The Balaban J connectivity index is 0.000000307. The van der Waals surface area contributed by atoms with Crippen LogP contribution < -0.4 is 14.2 Å². The molecular weight excluding hydrogens is 538 g/mol. The summed E-state index contributed by atoms with van der Waals surface area (Å²) in [7, 11) is 5.70. The fraction of sp³-hybridized carbons (Fsp3) is 0.394. The number of carbonyl (C=O) groups is 2. The van der Waals surface area contributed by atoms with E-state index >= 15 is 0 Å². The molecule has 3 N–H and O–H groups in total. The van der Waals surface area contributed by atoms with Gasteiger partial charge in [0.1, 0.15) is 17.2 Å². The maximum atomic E-state index is 11.8. The summed E-state index contributed by atoms with van der Waals surface area (Å²) in [6.45, 7) is 8.69. The van der Waals surface area contributed by atoms with E-state index in [0.29, 0.717) is 6.42 Å². The van der Waals surface area contributed by atoms with Crippen molar-refractivity contribution in [3.8, 4) is 17.2 Å². The van der Waals surface area contributed by atoms with Crippen molar-refractivity contribution in [3.05, 3.63) is 89.5 Å². The van der Waals surface area contributed by atoms with Crippen molar-refractivity contribution >= 4 is 11.9 Å².